The average molecular weight is 494 g/mol. The molecule has 190 valence electrons. The molecule has 1 N–H and O–H groups in total. The molecule has 2 aliphatic rings. The molecule has 0 aromatic heterocycles. The van der Waals surface area contributed by atoms with Crippen molar-refractivity contribution >= 4 is 21.8 Å². The van der Waals surface area contributed by atoms with Crippen LogP contribution in [0.5, 0.6) is 5.75 Å². The molecule has 34 heavy (non-hydrogen) atoms. The number of benzene rings is 1. The van der Waals surface area contributed by atoms with Crippen molar-refractivity contribution in [2.24, 2.45) is 11.8 Å². The molecule has 0 radical (unpaired) electrons. The van der Waals surface area contributed by atoms with Gasteiger partial charge in [0, 0.05) is 32.1 Å². The zero-order chi connectivity index (χ0) is 24.7. The second kappa shape index (κ2) is 12.0. The van der Waals surface area contributed by atoms with Crippen molar-refractivity contribution in [2.45, 2.75) is 69.7 Å². The lowest BCUT2D eigenvalue weighted by Crippen LogP contribution is -2.52. The highest BCUT2D eigenvalue weighted by Crippen LogP contribution is 2.26. The predicted molar refractivity (Wildman–Crippen MR) is 131 cm³/mol. The van der Waals surface area contributed by atoms with Crippen molar-refractivity contribution in [3.05, 3.63) is 24.3 Å². The first-order valence-electron chi connectivity index (χ1n) is 12.5. The van der Waals surface area contributed by atoms with Crippen LogP contribution in [0.2, 0.25) is 0 Å². The summed E-state index contributed by atoms with van der Waals surface area (Å²) in [5.74, 6) is 0.449. The third-order valence-electron chi connectivity index (χ3n) is 6.76. The van der Waals surface area contributed by atoms with Gasteiger partial charge in [-0.25, -0.2) is 8.42 Å². The maximum Gasteiger partial charge on any atom is 0.245 e. The van der Waals surface area contributed by atoms with Crippen LogP contribution < -0.4 is 10.1 Å². The topological polar surface area (TPSA) is 96.0 Å². The van der Waals surface area contributed by atoms with E-state index in [0.717, 1.165) is 38.8 Å². The van der Waals surface area contributed by atoms with E-state index in [1.807, 2.05) is 4.90 Å². The largest absolute Gasteiger partial charge is 0.497 e. The van der Waals surface area contributed by atoms with E-state index >= 15 is 0 Å². The highest BCUT2D eigenvalue weighted by atomic mass is 32.2. The number of rotatable bonds is 8. The number of piperidine rings is 1. The lowest BCUT2D eigenvalue weighted by molar-refractivity contribution is -0.138. The standard InChI is InChI=1S/C25H39N3O5S/c1-19(2)18-23(25(30)27-14-6-4-5-7-15-27)26-24(29)20-12-16-28(17-13-20)34(31,32)22-10-8-21(33-3)9-11-22/h8-11,19-20,23H,4-7,12-18H2,1-3H3,(H,26,29). The Bertz CT molecular complexity index is 916. The van der Waals surface area contributed by atoms with Gasteiger partial charge in [-0.2, -0.15) is 4.31 Å². The fourth-order valence-corrected chi connectivity index (χ4v) is 6.22. The van der Waals surface area contributed by atoms with E-state index in [2.05, 4.69) is 19.2 Å². The van der Waals surface area contributed by atoms with Crippen molar-refractivity contribution in [1.82, 2.24) is 14.5 Å². The van der Waals surface area contributed by atoms with Gasteiger partial charge in [-0.1, -0.05) is 26.7 Å². The van der Waals surface area contributed by atoms with Gasteiger partial charge in [0.2, 0.25) is 21.8 Å². The van der Waals surface area contributed by atoms with E-state index in [1.54, 1.807) is 12.1 Å². The molecule has 0 aliphatic carbocycles. The molecule has 0 bridgehead atoms. The van der Waals surface area contributed by atoms with Crippen molar-refractivity contribution in [3.63, 3.8) is 0 Å². The number of carbonyl (C=O) groups is 2. The van der Waals surface area contributed by atoms with Crippen LogP contribution in [0.3, 0.4) is 0 Å². The van der Waals surface area contributed by atoms with Crippen molar-refractivity contribution in [1.29, 1.82) is 0 Å². The molecule has 8 nitrogen and oxygen atoms in total. The summed E-state index contributed by atoms with van der Waals surface area (Å²) in [5.41, 5.74) is 0. The molecule has 1 unspecified atom stereocenters. The summed E-state index contributed by atoms with van der Waals surface area (Å²) in [6, 6.07) is 5.81. The molecule has 2 fully saturated rings. The summed E-state index contributed by atoms with van der Waals surface area (Å²) in [7, 11) is -2.09. The van der Waals surface area contributed by atoms with Gasteiger partial charge in [-0.3, -0.25) is 9.59 Å². The Hall–Kier alpha value is -2.13. The van der Waals surface area contributed by atoms with Gasteiger partial charge in [0.05, 0.1) is 12.0 Å². The van der Waals surface area contributed by atoms with E-state index < -0.39 is 16.1 Å². The maximum absolute atomic E-state index is 13.2. The Kier molecular flexibility index (Phi) is 9.36. The number of carbonyl (C=O) groups excluding carboxylic acids is 2. The van der Waals surface area contributed by atoms with Crippen LogP contribution in [0.1, 0.15) is 58.8 Å². The second-order valence-corrected chi connectivity index (χ2v) is 11.7. The van der Waals surface area contributed by atoms with Gasteiger partial charge in [0.15, 0.2) is 0 Å². The summed E-state index contributed by atoms with van der Waals surface area (Å²) < 4.78 is 32.5. The minimum atomic E-state index is -3.62. The average Bonchev–Trinajstić information content (AvgIpc) is 3.12. The molecular weight excluding hydrogens is 454 g/mol. The highest BCUT2D eigenvalue weighted by Gasteiger charge is 2.34. The van der Waals surface area contributed by atoms with Crippen molar-refractivity contribution in [3.8, 4) is 5.75 Å². The second-order valence-electron chi connectivity index (χ2n) is 9.78. The molecular formula is C25H39N3O5S. The van der Waals surface area contributed by atoms with E-state index in [0.29, 0.717) is 25.0 Å². The molecule has 2 aliphatic heterocycles. The normalized spacial score (nSPS) is 19.5. The number of hydrogen-bond donors (Lipinski definition) is 1. The Morgan fingerprint density at radius 2 is 1.59 bits per heavy atom. The van der Waals surface area contributed by atoms with Gasteiger partial charge in [0.1, 0.15) is 11.8 Å². The number of nitrogens with one attached hydrogen (secondary N) is 1. The highest BCUT2D eigenvalue weighted by molar-refractivity contribution is 7.89. The molecule has 0 spiro atoms. The fourth-order valence-electron chi connectivity index (χ4n) is 4.75. The molecule has 2 heterocycles. The number of likely N-dealkylation sites (tertiary alicyclic amines) is 1. The molecule has 9 heteroatoms. The van der Waals surface area contributed by atoms with Crippen LogP contribution in [-0.4, -0.2) is 68.8 Å². The summed E-state index contributed by atoms with van der Waals surface area (Å²) in [6.45, 7) is 6.17. The molecule has 3 rings (SSSR count). The van der Waals surface area contributed by atoms with E-state index in [9.17, 15) is 18.0 Å². The minimum absolute atomic E-state index is 0.0171. The van der Waals surface area contributed by atoms with Gasteiger partial charge in [-0.15, -0.1) is 0 Å². The molecule has 1 aromatic rings. The Labute approximate surface area is 204 Å². The van der Waals surface area contributed by atoms with Crippen LogP contribution in [0.15, 0.2) is 29.2 Å². The number of amides is 2. The Morgan fingerprint density at radius 3 is 2.12 bits per heavy atom. The minimum Gasteiger partial charge on any atom is -0.497 e. The summed E-state index contributed by atoms with van der Waals surface area (Å²) in [6.07, 6.45) is 5.78. The van der Waals surface area contributed by atoms with Gasteiger partial charge in [0.25, 0.3) is 0 Å². The number of nitrogens with zero attached hydrogens (tertiary/aromatic N) is 2. The van der Waals surface area contributed by atoms with Crippen LogP contribution >= 0.6 is 0 Å². The Balaban J connectivity index is 1.59. The molecule has 1 atom stereocenters. The zero-order valence-corrected chi connectivity index (χ0v) is 21.5. The van der Waals surface area contributed by atoms with Crippen LogP contribution in [0.25, 0.3) is 0 Å². The van der Waals surface area contributed by atoms with Crippen molar-refractivity contribution in [2.75, 3.05) is 33.3 Å². The van der Waals surface area contributed by atoms with Crippen LogP contribution in [0.4, 0.5) is 0 Å². The summed E-state index contributed by atoms with van der Waals surface area (Å²) in [5, 5.41) is 3.02. The Morgan fingerprint density at radius 1 is 1.00 bits per heavy atom. The fraction of sp³-hybridized carbons (Fsp3) is 0.680. The van der Waals surface area contributed by atoms with Crippen LogP contribution in [-0.2, 0) is 19.6 Å². The quantitative estimate of drug-likeness (QED) is 0.601. The number of ether oxygens (including phenoxy) is 1. The third-order valence-corrected chi connectivity index (χ3v) is 8.67. The van der Waals surface area contributed by atoms with E-state index in [1.165, 1.54) is 23.5 Å². The molecule has 2 amide bonds. The lowest BCUT2D eigenvalue weighted by Gasteiger charge is -2.32. The maximum atomic E-state index is 13.2. The van der Waals surface area contributed by atoms with Gasteiger partial charge in [-0.05, 0) is 62.3 Å². The third kappa shape index (κ3) is 6.72. The molecule has 1 aromatic carbocycles. The first-order valence-corrected chi connectivity index (χ1v) is 13.9. The van der Waals surface area contributed by atoms with Crippen LogP contribution in [0, 0.1) is 11.8 Å². The lowest BCUT2D eigenvalue weighted by atomic mass is 9.95. The molecule has 2 saturated heterocycles. The van der Waals surface area contributed by atoms with Crippen molar-refractivity contribution < 1.29 is 22.7 Å². The summed E-state index contributed by atoms with van der Waals surface area (Å²) in [4.78, 5) is 28.4. The number of sulfonamides is 1. The van der Waals surface area contributed by atoms with Gasteiger partial charge < -0.3 is 15.0 Å². The van der Waals surface area contributed by atoms with Gasteiger partial charge >= 0.3 is 0 Å². The summed E-state index contributed by atoms with van der Waals surface area (Å²) >= 11 is 0. The number of methoxy groups -OCH3 is 1. The predicted octanol–water partition coefficient (Wildman–Crippen LogP) is 3.03. The van der Waals surface area contributed by atoms with E-state index in [4.69, 9.17) is 4.74 Å². The SMILES string of the molecule is COc1ccc(S(=O)(=O)N2CCC(C(=O)NC(CC(C)C)C(=O)N3CCCCCC3)CC2)cc1. The van der Waals surface area contributed by atoms with E-state index in [-0.39, 0.29) is 41.6 Å². The first kappa shape index (κ1) is 26.5. The zero-order valence-electron chi connectivity index (χ0n) is 20.7. The first-order chi connectivity index (χ1) is 16.2. The smallest absolute Gasteiger partial charge is 0.245 e. The monoisotopic (exact) mass is 493 g/mol. The number of hydrogen-bond acceptors (Lipinski definition) is 5. The molecule has 0 saturated carbocycles.